The highest BCUT2D eigenvalue weighted by atomic mass is 127. The van der Waals surface area contributed by atoms with Crippen LogP contribution in [0.4, 0.5) is 0 Å². The number of halogens is 1. The fraction of sp³-hybridized carbons (Fsp3) is 0.765. The first-order chi connectivity index (χ1) is 11.2. The lowest BCUT2D eigenvalue weighted by atomic mass is 9.99. The Morgan fingerprint density at radius 2 is 2.04 bits per heavy atom. The van der Waals surface area contributed by atoms with Crippen LogP contribution >= 0.6 is 35.3 Å². The average Bonchev–Trinajstić information content (AvgIpc) is 2.97. The van der Waals surface area contributed by atoms with Crippen LogP contribution in [0.25, 0.3) is 0 Å². The zero-order chi connectivity index (χ0) is 16.5. The van der Waals surface area contributed by atoms with Crippen LogP contribution in [0.5, 0.6) is 0 Å². The zero-order valence-electron chi connectivity index (χ0n) is 15.2. The summed E-state index contributed by atoms with van der Waals surface area (Å²) in [6, 6.07) is 0. The number of hydrogen-bond donors (Lipinski definition) is 2. The monoisotopic (exact) mass is 465 g/mol. The van der Waals surface area contributed by atoms with E-state index in [0.717, 1.165) is 31.4 Å². The molecule has 2 N–H and O–H groups in total. The smallest absolute Gasteiger partial charge is 0.190 e. The number of likely N-dealkylation sites (tertiary alicyclic amines) is 1. The second-order valence-corrected chi connectivity index (χ2v) is 7.74. The number of hydrogen-bond acceptors (Lipinski definition) is 4. The molecule has 1 aliphatic rings. The van der Waals surface area contributed by atoms with Gasteiger partial charge in [-0.1, -0.05) is 6.92 Å². The molecule has 2 heterocycles. The van der Waals surface area contributed by atoms with Crippen molar-refractivity contribution in [2.45, 2.75) is 39.5 Å². The first-order valence-corrected chi connectivity index (χ1v) is 9.57. The predicted octanol–water partition coefficient (Wildman–Crippen LogP) is 2.90. The lowest BCUT2D eigenvalue weighted by Crippen LogP contribution is -2.40. The van der Waals surface area contributed by atoms with Gasteiger partial charge < -0.3 is 15.5 Å². The maximum atomic E-state index is 4.38. The third kappa shape index (κ3) is 8.11. The van der Waals surface area contributed by atoms with Crippen LogP contribution in [0, 0.1) is 12.8 Å². The van der Waals surface area contributed by atoms with Crippen molar-refractivity contribution in [3.8, 4) is 0 Å². The minimum Gasteiger partial charge on any atom is -0.356 e. The van der Waals surface area contributed by atoms with E-state index in [4.69, 9.17) is 0 Å². The zero-order valence-corrected chi connectivity index (χ0v) is 18.3. The van der Waals surface area contributed by atoms with Gasteiger partial charge >= 0.3 is 0 Å². The SMILES string of the molecule is CN=C(NCCCN1CCC(C)CC1)NCCc1ncc(C)s1.I. The highest BCUT2D eigenvalue weighted by Gasteiger charge is 2.14. The van der Waals surface area contributed by atoms with Crippen LogP contribution < -0.4 is 10.6 Å². The van der Waals surface area contributed by atoms with Gasteiger partial charge in [-0.25, -0.2) is 4.98 Å². The number of aryl methyl sites for hydroxylation is 1. The quantitative estimate of drug-likeness (QED) is 0.282. The Bertz CT molecular complexity index is 483. The molecule has 0 aromatic carbocycles. The summed E-state index contributed by atoms with van der Waals surface area (Å²) in [6.45, 7) is 10.0. The molecule has 1 aromatic heterocycles. The molecule has 1 aromatic rings. The highest BCUT2D eigenvalue weighted by Crippen LogP contribution is 2.15. The van der Waals surface area contributed by atoms with E-state index in [0.29, 0.717) is 0 Å². The Morgan fingerprint density at radius 1 is 1.33 bits per heavy atom. The van der Waals surface area contributed by atoms with Gasteiger partial charge in [0.05, 0.1) is 5.01 Å². The largest absolute Gasteiger partial charge is 0.356 e. The number of aliphatic imine (C=N–C) groups is 1. The normalized spacial score (nSPS) is 16.7. The van der Waals surface area contributed by atoms with Gasteiger partial charge in [0.2, 0.25) is 0 Å². The van der Waals surface area contributed by atoms with Gasteiger partial charge in [-0.3, -0.25) is 4.99 Å². The third-order valence-electron chi connectivity index (χ3n) is 4.34. The van der Waals surface area contributed by atoms with E-state index in [2.05, 4.69) is 39.4 Å². The van der Waals surface area contributed by atoms with Gasteiger partial charge in [-0.05, 0) is 51.7 Å². The molecule has 0 spiro atoms. The summed E-state index contributed by atoms with van der Waals surface area (Å²) in [4.78, 5) is 12.5. The average molecular weight is 465 g/mol. The van der Waals surface area contributed by atoms with Crippen LogP contribution in [0.3, 0.4) is 0 Å². The molecule has 138 valence electrons. The molecule has 5 nitrogen and oxygen atoms in total. The standard InChI is InChI=1S/C17H31N5S.HI/c1-14-6-11-22(12-7-14)10-4-8-19-17(18-3)20-9-5-16-21-13-15(2)23-16;/h13-14H,4-12H2,1-3H3,(H2,18,19,20);1H. The summed E-state index contributed by atoms with van der Waals surface area (Å²) in [6.07, 6.45) is 6.76. The molecule has 1 fully saturated rings. The molecule has 24 heavy (non-hydrogen) atoms. The Hall–Kier alpha value is -0.410. The van der Waals surface area contributed by atoms with Gasteiger partial charge in [0.15, 0.2) is 5.96 Å². The van der Waals surface area contributed by atoms with Crippen LogP contribution in [0.15, 0.2) is 11.2 Å². The Balaban J connectivity index is 0.00000288. The summed E-state index contributed by atoms with van der Waals surface area (Å²) in [7, 11) is 1.83. The summed E-state index contributed by atoms with van der Waals surface area (Å²) in [5, 5.41) is 7.95. The molecule has 7 heteroatoms. The van der Waals surface area contributed by atoms with E-state index < -0.39 is 0 Å². The van der Waals surface area contributed by atoms with Crippen LogP contribution in [-0.2, 0) is 6.42 Å². The maximum absolute atomic E-state index is 4.38. The number of piperidine rings is 1. The van der Waals surface area contributed by atoms with E-state index in [9.17, 15) is 0 Å². The van der Waals surface area contributed by atoms with Gasteiger partial charge in [0.25, 0.3) is 0 Å². The van der Waals surface area contributed by atoms with E-state index in [1.807, 2.05) is 13.2 Å². The Kier molecular flexibility index (Phi) is 10.8. The Labute approximate surface area is 167 Å². The van der Waals surface area contributed by atoms with Gasteiger partial charge in [0, 0.05) is 37.6 Å². The predicted molar refractivity (Wildman–Crippen MR) is 115 cm³/mol. The molecule has 0 unspecified atom stereocenters. The number of guanidine groups is 1. The first-order valence-electron chi connectivity index (χ1n) is 8.75. The van der Waals surface area contributed by atoms with Crippen LogP contribution in [0.2, 0.25) is 0 Å². The van der Waals surface area contributed by atoms with Crippen molar-refractivity contribution in [1.29, 1.82) is 0 Å². The van der Waals surface area contributed by atoms with Crippen molar-refractivity contribution in [2.24, 2.45) is 10.9 Å². The summed E-state index contributed by atoms with van der Waals surface area (Å²) in [5.74, 6) is 1.81. The summed E-state index contributed by atoms with van der Waals surface area (Å²) in [5.41, 5.74) is 0. The molecular weight excluding hydrogens is 433 g/mol. The minimum atomic E-state index is 0. The topological polar surface area (TPSA) is 52.6 Å². The molecule has 0 amide bonds. The summed E-state index contributed by atoms with van der Waals surface area (Å²) < 4.78 is 0. The maximum Gasteiger partial charge on any atom is 0.190 e. The molecule has 0 radical (unpaired) electrons. The molecule has 1 aliphatic heterocycles. The van der Waals surface area contributed by atoms with Gasteiger partial charge in [-0.2, -0.15) is 0 Å². The lowest BCUT2D eigenvalue weighted by molar-refractivity contribution is 0.191. The number of thiazole rings is 1. The number of nitrogens with zero attached hydrogens (tertiary/aromatic N) is 3. The fourth-order valence-corrected chi connectivity index (χ4v) is 3.61. The van der Waals surface area contributed by atoms with E-state index in [-0.39, 0.29) is 24.0 Å². The third-order valence-corrected chi connectivity index (χ3v) is 5.32. The minimum absolute atomic E-state index is 0. The van der Waals surface area contributed by atoms with E-state index in [1.165, 1.54) is 48.8 Å². The van der Waals surface area contributed by atoms with Crippen molar-refractivity contribution >= 4 is 41.3 Å². The summed E-state index contributed by atoms with van der Waals surface area (Å²) >= 11 is 1.77. The van der Waals surface area contributed by atoms with E-state index >= 15 is 0 Å². The van der Waals surface area contributed by atoms with Crippen molar-refractivity contribution < 1.29 is 0 Å². The van der Waals surface area contributed by atoms with Gasteiger partial charge in [0.1, 0.15) is 0 Å². The molecule has 0 bridgehead atoms. The van der Waals surface area contributed by atoms with Crippen LogP contribution in [-0.4, -0.2) is 55.6 Å². The first kappa shape index (κ1) is 21.6. The Morgan fingerprint density at radius 3 is 2.67 bits per heavy atom. The second kappa shape index (κ2) is 12.0. The molecule has 2 rings (SSSR count). The molecular formula is C17H32IN5S. The van der Waals surface area contributed by atoms with Crippen LogP contribution in [0.1, 0.15) is 36.1 Å². The number of nitrogens with one attached hydrogen (secondary N) is 2. The number of aromatic nitrogens is 1. The van der Waals surface area contributed by atoms with Gasteiger partial charge in [-0.15, -0.1) is 35.3 Å². The molecule has 0 saturated carbocycles. The molecule has 0 aliphatic carbocycles. The fourth-order valence-electron chi connectivity index (χ4n) is 2.82. The van der Waals surface area contributed by atoms with Crippen molar-refractivity contribution in [2.75, 3.05) is 39.8 Å². The lowest BCUT2D eigenvalue weighted by Gasteiger charge is -2.30. The second-order valence-electron chi connectivity index (χ2n) is 6.42. The molecule has 1 saturated heterocycles. The van der Waals surface area contributed by atoms with Crippen molar-refractivity contribution in [3.63, 3.8) is 0 Å². The van der Waals surface area contributed by atoms with Crippen molar-refractivity contribution in [1.82, 2.24) is 20.5 Å². The number of rotatable bonds is 7. The highest BCUT2D eigenvalue weighted by molar-refractivity contribution is 14.0. The van der Waals surface area contributed by atoms with E-state index in [1.54, 1.807) is 11.3 Å². The van der Waals surface area contributed by atoms with Crippen molar-refractivity contribution in [3.05, 3.63) is 16.1 Å². The molecule has 0 atom stereocenters.